The summed E-state index contributed by atoms with van der Waals surface area (Å²) in [6.07, 6.45) is 1.20. The third-order valence-electron chi connectivity index (χ3n) is 2.38. The molecule has 0 spiro atoms. The van der Waals surface area contributed by atoms with E-state index < -0.39 is 0 Å². The van der Waals surface area contributed by atoms with Gasteiger partial charge in [-0.15, -0.1) is 0 Å². The molecule has 0 aliphatic heterocycles. The van der Waals surface area contributed by atoms with Crippen molar-refractivity contribution in [2.75, 3.05) is 24.7 Å². The lowest BCUT2D eigenvalue weighted by Gasteiger charge is -2.07. The topological polar surface area (TPSA) is 45.0 Å². The van der Waals surface area contributed by atoms with Crippen molar-refractivity contribution in [3.8, 4) is 11.8 Å². The van der Waals surface area contributed by atoms with Crippen molar-refractivity contribution in [1.29, 1.82) is 5.26 Å². The van der Waals surface area contributed by atoms with E-state index in [1.165, 1.54) is 23.5 Å². The molecular formula is C14H20N2OS. The predicted molar refractivity (Wildman–Crippen MR) is 76.9 cm³/mol. The summed E-state index contributed by atoms with van der Waals surface area (Å²) in [5, 5.41) is 11.9. The van der Waals surface area contributed by atoms with Gasteiger partial charge >= 0.3 is 0 Å². The minimum absolute atomic E-state index is 0.102. The summed E-state index contributed by atoms with van der Waals surface area (Å²) in [6.45, 7) is 4.17. The van der Waals surface area contributed by atoms with Gasteiger partial charge in [-0.1, -0.05) is 19.1 Å². The van der Waals surface area contributed by atoms with E-state index in [0.717, 1.165) is 18.8 Å². The van der Waals surface area contributed by atoms with Gasteiger partial charge in [0, 0.05) is 6.54 Å². The average Bonchev–Trinajstić information content (AvgIpc) is 2.41. The molecule has 4 heteroatoms. The van der Waals surface area contributed by atoms with E-state index in [2.05, 4.69) is 18.3 Å². The van der Waals surface area contributed by atoms with Crippen molar-refractivity contribution in [3.63, 3.8) is 0 Å². The molecule has 18 heavy (non-hydrogen) atoms. The average molecular weight is 264 g/mol. The third-order valence-corrected chi connectivity index (χ3v) is 3.36. The fourth-order valence-corrected chi connectivity index (χ4v) is 2.17. The van der Waals surface area contributed by atoms with E-state index in [9.17, 15) is 0 Å². The summed E-state index contributed by atoms with van der Waals surface area (Å²) >= 11 is 1.98. The highest BCUT2D eigenvalue weighted by molar-refractivity contribution is 7.99. The number of benzene rings is 1. The number of nitriles is 1. The van der Waals surface area contributed by atoms with Gasteiger partial charge in [0.2, 0.25) is 0 Å². The third kappa shape index (κ3) is 6.53. The molecule has 3 nitrogen and oxygen atoms in total. The molecule has 0 aliphatic carbocycles. The first-order valence-electron chi connectivity index (χ1n) is 6.24. The maximum atomic E-state index is 8.45. The van der Waals surface area contributed by atoms with Crippen molar-refractivity contribution < 1.29 is 4.74 Å². The van der Waals surface area contributed by atoms with Crippen molar-refractivity contribution in [2.45, 2.75) is 19.9 Å². The van der Waals surface area contributed by atoms with E-state index in [1.54, 1.807) is 0 Å². The molecule has 0 saturated carbocycles. The predicted octanol–water partition coefficient (Wildman–Crippen LogP) is 2.82. The minimum Gasteiger partial charge on any atom is -0.479 e. The minimum atomic E-state index is 0.102. The molecule has 98 valence electrons. The lowest BCUT2D eigenvalue weighted by atomic mass is 10.2. The summed E-state index contributed by atoms with van der Waals surface area (Å²) in [7, 11) is 0. The van der Waals surface area contributed by atoms with Gasteiger partial charge in [-0.3, -0.25) is 0 Å². The molecule has 1 rings (SSSR count). The van der Waals surface area contributed by atoms with Gasteiger partial charge in [0.05, 0.1) is 0 Å². The number of nitrogens with zero attached hydrogens (tertiary/aromatic N) is 1. The summed E-state index contributed by atoms with van der Waals surface area (Å²) in [4.78, 5) is 0. The summed E-state index contributed by atoms with van der Waals surface area (Å²) in [6, 6.07) is 9.84. The largest absolute Gasteiger partial charge is 0.479 e. The SMILES string of the molecule is CCSCCCNCc1cccc(OCC#N)c1. The highest BCUT2D eigenvalue weighted by atomic mass is 32.2. The Morgan fingerprint density at radius 1 is 1.44 bits per heavy atom. The molecule has 0 aromatic heterocycles. The van der Waals surface area contributed by atoms with Crippen LogP contribution in [0.2, 0.25) is 0 Å². The van der Waals surface area contributed by atoms with E-state index in [1.807, 2.05) is 36.0 Å². The first-order valence-corrected chi connectivity index (χ1v) is 7.39. The van der Waals surface area contributed by atoms with Crippen LogP contribution in [-0.2, 0) is 6.54 Å². The molecule has 0 heterocycles. The van der Waals surface area contributed by atoms with E-state index in [0.29, 0.717) is 0 Å². The number of hydrogen-bond acceptors (Lipinski definition) is 4. The van der Waals surface area contributed by atoms with Crippen LogP contribution in [0, 0.1) is 11.3 Å². The lowest BCUT2D eigenvalue weighted by Crippen LogP contribution is -2.15. The first-order chi connectivity index (χ1) is 8.86. The second kappa shape index (κ2) is 9.81. The van der Waals surface area contributed by atoms with E-state index >= 15 is 0 Å². The Kier molecular flexibility index (Phi) is 8.11. The Balaban J connectivity index is 2.23. The van der Waals surface area contributed by atoms with Crippen molar-refractivity contribution in [3.05, 3.63) is 29.8 Å². The molecule has 1 aromatic rings. The Morgan fingerprint density at radius 3 is 3.11 bits per heavy atom. The van der Waals surface area contributed by atoms with Crippen LogP contribution >= 0.6 is 11.8 Å². The fraction of sp³-hybridized carbons (Fsp3) is 0.500. The number of nitrogens with one attached hydrogen (secondary N) is 1. The Morgan fingerprint density at radius 2 is 2.33 bits per heavy atom. The second-order valence-electron chi connectivity index (χ2n) is 3.82. The summed E-state index contributed by atoms with van der Waals surface area (Å²) in [5.74, 6) is 3.17. The number of ether oxygens (including phenoxy) is 1. The van der Waals surface area contributed by atoms with Gasteiger partial charge in [0.15, 0.2) is 6.61 Å². The zero-order valence-corrected chi connectivity index (χ0v) is 11.6. The highest BCUT2D eigenvalue weighted by Crippen LogP contribution is 2.12. The van der Waals surface area contributed by atoms with Crippen LogP contribution in [0.1, 0.15) is 18.9 Å². The van der Waals surface area contributed by atoms with E-state index in [-0.39, 0.29) is 6.61 Å². The monoisotopic (exact) mass is 264 g/mol. The molecule has 0 amide bonds. The van der Waals surface area contributed by atoms with Gasteiger partial charge in [0.25, 0.3) is 0 Å². The zero-order chi connectivity index (χ0) is 13.1. The zero-order valence-electron chi connectivity index (χ0n) is 10.8. The Labute approximate surface area is 114 Å². The molecule has 0 saturated heterocycles. The van der Waals surface area contributed by atoms with Crippen LogP contribution < -0.4 is 10.1 Å². The summed E-state index contributed by atoms with van der Waals surface area (Å²) < 4.78 is 5.26. The van der Waals surface area contributed by atoms with Crippen LogP contribution in [0.25, 0.3) is 0 Å². The molecule has 0 atom stereocenters. The molecule has 0 unspecified atom stereocenters. The van der Waals surface area contributed by atoms with E-state index in [4.69, 9.17) is 10.00 Å². The van der Waals surface area contributed by atoms with Gasteiger partial charge in [-0.2, -0.15) is 17.0 Å². The first kappa shape index (κ1) is 14.9. The maximum Gasteiger partial charge on any atom is 0.174 e. The lowest BCUT2D eigenvalue weighted by molar-refractivity contribution is 0.367. The molecule has 0 bridgehead atoms. The van der Waals surface area contributed by atoms with Gasteiger partial charge < -0.3 is 10.1 Å². The molecule has 0 aliphatic rings. The molecule has 1 N–H and O–H groups in total. The Hall–Kier alpha value is -1.18. The van der Waals surface area contributed by atoms with Gasteiger partial charge in [-0.05, 0) is 42.2 Å². The normalized spacial score (nSPS) is 10.0. The van der Waals surface area contributed by atoms with Crippen LogP contribution in [0.15, 0.2) is 24.3 Å². The standard InChI is InChI=1S/C14H20N2OS/c1-2-18-10-4-8-16-12-13-5-3-6-14(11-13)17-9-7-15/h3,5-6,11,16H,2,4,8-10,12H2,1H3. The number of rotatable bonds is 9. The fourth-order valence-electron chi connectivity index (χ4n) is 1.54. The quantitative estimate of drug-likeness (QED) is 0.697. The molecule has 0 radical (unpaired) electrons. The van der Waals surface area contributed by atoms with Crippen molar-refractivity contribution >= 4 is 11.8 Å². The number of hydrogen-bond donors (Lipinski definition) is 1. The van der Waals surface area contributed by atoms with Crippen LogP contribution in [-0.4, -0.2) is 24.7 Å². The molecule has 1 aromatic carbocycles. The molecular weight excluding hydrogens is 244 g/mol. The van der Waals surface area contributed by atoms with Gasteiger partial charge in [0.1, 0.15) is 11.8 Å². The maximum absolute atomic E-state index is 8.45. The van der Waals surface area contributed by atoms with Gasteiger partial charge in [-0.25, -0.2) is 0 Å². The van der Waals surface area contributed by atoms with Crippen LogP contribution in [0.3, 0.4) is 0 Å². The van der Waals surface area contributed by atoms with Crippen LogP contribution in [0.4, 0.5) is 0 Å². The Bertz CT molecular complexity index is 376. The number of thioether (sulfide) groups is 1. The smallest absolute Gasteiger partial charge is 0.174 e. The van der Waals surface area contributed by atoms with Crippen LogP contribution in [0.5, 0.6) is 5.75 Å². The second-order valence-corrected chi connectivity index (χ2v) is 5.22. The molecule has 0 fully saturated rings. The summed E-state index contributed by atoms with van der Waals surface area (Å²) in [5.41, 5.74) is 1.19. The van der Waals surface area contributed by atoms with Crippen molar-refractivity contribution in [1.82, 2.24) is 5.32 Å². The highest BCUT2D eigenvalue weighted by Gasteiger charge is 1.96. The van der Waals surface area contributed by atoms with Crippen molar-refractivity contribution in [2.24, 2.45) is 0 Å².